The van der Waals surface area contributed by atoms with Crippen molar-refractivity contribution in [2.45, 2.75) is 25.6 Å². The van der Waals surface area contributed by atoms with E-state index in [1.165, 1.54) is 12.1 Å². The molecule has 2 heterocycles. The predicted molar refractivity (Wildman–Crippen MR) is 138 cm³/mol. The van der Waals surface area contributed by atoms with Crippen LogP contribution in [-0.4, -0.2) is 30.9 Å². The highest BCUT2D eigenvalue weighted by molar-refractivity contribution is 5.97. The topological polar surface area (TPSA) is 93.8 Å². The quantitative estimate of drug-likeness (QED) is 0.313. The summed E-state index contributed by atoms with van der Waals surface area (Å²) in [4.78, 5) is 34.1. The zero-order valence-corrected chi connectivity index (χ0v) is 19.9. The van der Waals surface area contributed by atoms with Crippen LogP contribution in [-0.2, 0) is 17.9 Å². The number of carbonyl (C=O) groups excluding carboxylic acids is 2. The van der Waals surface area contributed by atoms with Crippen molar-refractivity contribution in [2.24, 2.45) is 0 Å². The SMILES string of the molecule is O=C(CCn1ccnc1)Nc1cccc(C(=O)NC(Cn2cnc3ccccc32)c2ccc(F)cc2)c1. The number of para-hydroxylation sites is 2. The number of halogens is 1. The fourth-order valence-electron chi connectivity index (χ4n) is 4.13. The molecule has 186 valence electrons. The summed E-state index contributed by atoms with van der Waals surface area (Å²) >= 11 is 0. The number of nitrogens with one attached hydrogen (secondary N) is 2. The molecule has 0 spiro atoms. The van der Waals surface area contributed by atoms with E-state index < -0.39 is 6.04 Å². The molecule has 0 bridgehead atoms. The van der Waals surface area contributed by atoms with Crippen molar-refractivity contribution in [3.8, 4) is 0 Å². The number of fused-ring (bicyclic) bond motifs is 1. The van der Waals surface area contributed by atoms with Gasteiger partial charge in [0.2, 0.25) is 5.91 Å². The first-order valence-electron chi connectivity index (χ1n) is 11.9. The van der Waals surface area contributed by atoms with E-state index in [1.807, 2.05) is 33.4 Å². The number of hydrogen-bond acceptors (Lipinski definition) is 4. The van der Waals surface area contributed by atoms with E-state index in [2.05, 4.69) is 20.6 Å². The van der Waals surface area contributed by atoms with Gasteiger partial charge in [-0.05, 0) is 48.0 Å². The summed E-state index contributed by atoms with van der Waals surface area (Å²) in [5, 5.41) is 5.90. The number of amides is 2. The van der Waals surface area contributed by atoms with Crippen molar-refractivity contribution >= 4 is 28.5 Å². The van der Waals surface area contributed by atoms with Crippen LogP contribution in [0.2, 0.25) is 0 Å². The second kappa shape index (κ2) is 10.9. The van der Waals surface area contributed by atoms with Crippen LogP contribution < -0.4 is 10.6 Å². The number of carbonyl (C=O) groups is 2. The van der Waals surface area contributed by atoms with E-state index in [0.717, 1.165) is 16.6 Å². The van der Waals surface area contributed by atoms with Crippen molar-refractivity contribution in [3.63, 3.8) is 0 Å². The van der Waals surface area contributed by atoms with Gasteiger partial charge in [0.15, 0.2) is 0 Å². The highest BCUT2D eigenvalue weighted by Gasteiger charge is 2.18. The Morgan fingerprint density at radius 2 is 1.81 bits per heavy atom. The standard InChI is InChI=1S/C28H25FN6O2/c29-22-10-8-20(9-11-22)25(17-35-19-31-24-6-1-2-7-26(24)35)33-28(37)21-4-3-5-23(16-21)32-27(36)12-14-34-15-13-30-18-34/h1-11,13,15-16,18-19,25H,12,14,17H2,(H,32,36)(H,33,37). The lowest BCUT2D eigenvalue weighted by atomic mass is 10.1. The minimum absolute atomic E-state index is 0.164. The van der Waals surface area contributed by atoms with Gasteiger partial charge in [0, 0.05) is 43.2 Å². The Hall–Kier alpha value is -4.79. The average molecular weight is 497 g/mol. The second-order valence-electron chi connectivity index (χ2n) is 8.64. The Morgan fingerprint density at radius 1 is 0.973 bits per heavy atom. The number of benzene rings is 3. The largest absolute Gasteiger partial charge is 0.343 e. The third-order valence-electron chi connectivity index (χ3n) is 6.05. The molecule has 0 radical (unpaired) electrons. The van der Waals surface area contributed by atoms with Gasteiger partial charge in [0.1, 0.15) is 5.82 Å². The van der Waals surface area contributed by atoms with E-state index in [1.54, 1.807) is 61.4 Å². The molecule has 0 aliphatic heterocycles. The number of aryl methyl sites for hydroxylation is 1. The van der Waals surface area contributed by atoms with Gasteiger partial charge < -0.3 is 19.8 Å². The summed E-state index contributed by atoms with van der Waals surface area (Å²) in [5.41, 5.74) is 3.47. The zero-order chi connectivity index (χ0) is 25.6. The highest BCUT2D eigenvalue weighted by atomic mass is 19.1. The first-order valence-corrected chi connectivity index (χ1v) is 11.9. The summed E-state index contributed by atoms with van der Waals surface area (Å²) < 4.78 is 17.4. The summed E-state index contributed by atoms with van der Waals surface area (Å²) in [5.74, 6) is -0.825. The number of anilines is 1. The molecule has 37 heavy (non-hydrogen) atoms. The molecule has 9 heteroatoms. The molecule has 3 aromatic carbocycles. The Bertz CT molecular complexity index is 1510. The Morgan fingerprint density at radius 3 is 2.62 bits per heavy atom. The summed E-state index contributed by atoms with van der Waals surface area (Å²) in [6.45, 7) is 0.914. The fourth-order valence-corrected chi connectivity index (χ4v) is 4.13. The molecule has 8 nitrogen and oxygen atoms in total. The van der Waals surface area contributed by atoms with Crippen LogP contribution in [0.5, 0.6) is 0 Å². The van der Waals surface area contributed by atoms with Gasteiger partial charge in [-0.25, -0.2) is 14.4 Å². The number of nitrogens with zero attached hydrogens (tertiary/aromatic N) is 4. The number of aromatic nitrogens is 4. The van der Waals surface area contributed by atoms with Gasteiger partial charge >= 0.3 is 0 Å². The third-order valence-corrected chi connectivity index (χ3v) is 6.05. The molecule has 1 unspecified atom stereocenters. The number of imidazole rings is 2. The Labute approximate surface area is 212 Å². The van der Waals surface area contributed by atoms with Crippen LogP contribution in [0.15, 0.2) is 97.8 Å². The van der Waals surface area contributed by atoms with Crippen LogP contribution in [0.1, 0.15) is 28.4 Å². The van der Waals surface area contributed by atoms with Crippen molar-refractivity contribution in [1.29, 1.82) is 0 Å². The van der Waals surface area contributed by atoms with Gasteiger partial charge in [-0.1, -0.05) is 30.3 Å². The minimum Gasteiger partial charge on any atom is -0.343 e. The van der Waals surface area contributed by atoms with Crippen LogP contribution in [0.4, 0.5) is 10.1 Å². The summed E-state index contributed by atoms with van der Waals surface area (Å²) in [6.07, 6.45) is 7.12. The Kier molecular flexibility index (Phi) is 7.02. The minimum atomic E-state index is -0.445. The highest BCUT2D eigenvalue weighted by Crippen LogP contribution is 2.21. The zero-order valence-electron chi connectivity index (χ0n) is 19.9. The lowest BCUT2D eigenvalue weighted by molar-refractivity contribution is -0.116. The van der Waals surface area contributed by atoms with Gasteiger partial charge in [-0.2, -0.15) is 0 Å². The molecular formula is C28H25FN6O2. The smallest absolute Gasteiger partial charge is 0.251 e. The molecular weight excluding hydrogens is 471 g/mol. The first kappa shape index (κ1) is 23.9. The predicted octanol–water partition coefficient (Wildman–Crippen LogP) is 4.57. The molecule has 0 saturated heterocycles. The molecule has 2 aromatic heterocycles. The summed E-state index contributed by atoms with van der Waals surface area (Å²) in [6, 6.07) is 20.1. The lowest BCUT2D eigenvalue weighted by Crippen LogP contribution is -2.31. The molecule has 0 fully saturated rings. The van der Waals surface area contributed by atoms with Crippen LogP contribution in [0.25, 0.3) is 11.0 Å². The maximum Gasteiger partial charge on any atom is 0.251 e. The number of hydrogen-bond donors (Lipinski definition) is 2. The molecule has 0 aliphatic carbocycles. The van der Waals surface area contributed by atoms with Crippen LogP contribution >= 0.6 is 0 Å². The molecule has 0 aliphatic rings. The van der Waals surface area contributed by atoms with E-state index in [4.69, 9.17) is 0 Å². The van der Waals surface area contributed by atoms with E-state index in [9.17, 15) is 14.0 Å². The third kappa shape index (κ3) is 5.90. The monoisotopic (exact) mass is 496 g/mol. The van der Waals surface area contributed by atoms with Gasteiger partial charge in [0.25, 0.3) is 5.91 Å². The van der Waals surface area contributed by atoms with Crippen LogP contribution in [0, 0.1) is 5.82 Å². The molecule has 5 rings (SSSR count). The molecule has 0 saturated carbocycles. The normalized spacial score (nSPS) is 11.8. The van der Waals surface area contributed by atoms with E-state index >= 15 is 0 Å². The van der Waals surface area contributed by atoms with Crippen molar-refractivity contribution < 1.29 is 14.0 Å². The van der Waals surface area contributed by atoms with E-state index in [-0.39, 0.29) is 24.1 Å². The average Bonchev–Trinajstić information content (AvgIpc) is 3.58. The second-order valence-corrected chi connectivity index (χ2v) is 8.64. The molecule has 2 N–H and O–H groups in total. The van der Waals surface area contributed by atoms with Crippen LogP contribution in [0.3, 0.4) is 0 Å². The van der Waals surface area contributed by atoms with Gasteiger partial charge in [0.05, 0.1) is 29.7 Å². The molecule has 5 aromatic rings. The van der Waals surface area contributed by atoms with Gasteiger partial charge in [-0.3, -0.25) is 9.59 Å². The molecule has 1 atom stereocenters. The van der Waals surface area contributed by atoms with Crippen molar-refractivity contribution in [1.82, 2.24) is 24.4 Å². The first-order chi connectivity index (χ1) is 18.0. The maximum atomic E-state index is 13.6. The molecule has 2 amide bonds. The van der Waals surface area contributed by atoms with E-state index in [0.29, 0.717) is 24.3 Å². The maximum absolute atomic E-state index is 13.6. The van der Waals surface area contributed by atoms with Crippen molar-refractivity contribution in [3.05, 3.63) is 115 Å². The van der Waals surface area contributed by atoms with Gasteiger partial charge in [-0.15, -0.1) is 0 Å². The Balaban J connectivity index is 1.31. The lowest BCUT2D eigenvalue weighted by Gasteiger charge is -2.21. The fraction of sp³-hybridized carbons (Fsp3) is 0.143. The summed E-state index contributed by atoms with van der Waals surface area (Å²) in [7, 11) is 0. The number of rotatable bonds is 9. The van der Waals surface area contributed by atoms with Crippen molar-refractivity contribution in [2.75, 3.05) is 5.32 Å².